The van der Waals surface area contributed by atoms with Gasteiger partial charge in [-0.25, -0.2) is 19.7 Å². The number of carbonyl (C=O) groups excluding carboxylic acids is 1. The van der Waals surface area contributed by atoms with Crippen molar-refractivity contribution in [2.24, 2.45) is 0 Å². The van der Waals surface area contributed by atoms with Gasteiger partial charge < -0.3 is 4.74 Å². The molecule has 0 atom stereocenters. The largest absolute Gasteiger partial charge is 0.444 e. The van der Waals surface area contributed by atoms with Gasteiger partial charge in [-0.2, -0.15) is 4.39 Å². The van der Waals surface area contributed by atoms with Crippen molar-refractivity contribution in [1.82, 2.24) is 9.97 Å². The van der Waals surface area contributed by atoms with Crippen LogP contribution in [-0.4, -0.2) is 21.6 Å². The number of hydrogen-bond donors (Lipinski definition) is 0. The molecule has 8 heteroatoms. The van der Waals surface area contributed by atoms with Crippen LogP contribution < -0.4 is 4.90 Å². The second-order valence-corrected chi connectivity index (χ2v) is 8.29. The fourth-order valence-electron chi connectivity index (χ4n) is 2.52. The van der Waals surface area contributed by atoms with E-state index in [0.29, 0.717) is 16.4 Å². The van der Waals surface area contributed by atoms with Gasteiger partial charge in [0.25, 0.3) is 0 Å². The molecule has 3 aromatic rings. The number of halogens is 2. The average molecular weight is 420 g/mol. The van der Waals surface area contributed by atoms with Gasteiger partial charge in [-0.3, -0.25) is 0 Å². The summed E-state index contributed by atoms with van der Waals surface area (Å²) in [7, 11) is 0. The molecule has 5 nitrogen and oxygen atoms in total. The van der Waals surface area contributed by atoms with Crippen molar-refractivity contribution < 1.29 is 13.9 Å². The van der Waals surface area contributed by atoms with Crippen molar-refractivity contribution in [3.8, 4) is 11.3 Å². The summed E-state index contributed by atoms with van der Waals surface area (Å²) in [6.45, 7) is 5.82. The molecule has 0 spiro atoms. The number of amides is 1. The van der Waals surface area contributed by atoms with Crippen LogP contribution in [0.5, 0.6) is 0 Å². The first kappa shape index (κ1) is 20.2. The van der Waals surface area contributed by atoms with Gasteiger partial charge in [-0.15, -0.1) is 11.3 Å². The van der Waals surface area contributed by atoms with Gasteiger partial charge in [0.2, 0.25) is 5.95 Å². The zero-order valence-electron chi connectivity index (χ0n) is 15.6. The lowest BCUT2D eigenvalue weighted by atomic mass is 10.1. The summed E-state index contributed by atoms with van der Waals surface area (Å²) in [5.74, 6) is -0.649. The molecule has 3 rings (SSSR count). The average Bonchev–Trinajstić information content (AvgIpc) is 3.11. The molecule has 28 heavy (non-hydrogen) atoms. The van der Waals surface area contributed by atoms with Gasteiger partial charge in [-0.05, 0) is 26.3 Å². The minimum absolute atomic E-state index is 0.159. The Morgan fingerprint density at radius 2 is 2.00 bits per heavy atom. The van der Waals surface area contributed by atoms with Gasteiger partial charge in [0.15, 0.2) is 5.13 Å². The van der Waals surface area contributed by atoms with Gasteiger partial charge in [0.1, 0.15) is 6.61 Å². The number of benzene rings is 1. The molecule has 146 valence electrons. The molecule has 0 N–H and O–H groups in total. The molecular weight excluding hydrogens is 401 g/mol. The number of rotatable bonds is 4. The number of pyridine rings is 1. The molecule has 0 unspecified atom stereocenters. The zero-order valence-corrected chi connectivity index (χ0v) is 17.2. The van der Waals surface area contributed by atoms with E-state index >= 15 is 0 Å². The van der Waals surface area contributed by atoms with Crippen molar-refractivity contribution in [1.29, 1.82) is 0 Å². The lowest BCUT2D eigenvalue weighted by Crippen LogP contribution is -2.46. The van der Waals surface area contributed by atoms with E-state index in [2.05, 4.69) is 9.97 Å². The third-order valence-corrected chi connectivity index (χ3v) is 4.97. The minimum atomic E-state index is -0.649. The lowest BCUT2D eigenvalue weighted by Gasteiger charge is -2.32. The van der Waals surface area contributed by atoms with Gasteiger partial charge in [0.05, 0.1) is 10.7 Å². The third kappa shape index (κ3) is 4.66. The molecule has 0 radical (unpaired) electrons. The fourth-order valence-corrected chi connectivity index (χ4v) is 3.72. The molecule has 0 bridgehead atoms. The Morgan fingerprint density at radius 3 is 2.68 bits per heavy atom. The summed E-state index contributed by atoms with van der Waals surface area (Å²) in [6.07, 6.45) is 0.727. The first-order chi connectivity index (χ1) is 13.3. The van der Waals surface area contributed by atoms with E-state index in [1.807, 2.05) is 51.1 Å². The van der Waals surface area contributed by atoms with Crippen molar-refractivity contribution in [2.45, 2.75) is 32.9 Å². The second-order valence-electron chi connectivity index (χ2n) is 7.05. The van der Waals surface area contributed by atoms with Crippen LogP contribution in [-0.2, 0) is 11.3 Å². The molecule has 0 saturated heterocycles. The van der Waals surface area contributed by atoms with E-state index in [9.17, 15) is 9.18 Å². The van der Waals surface area contributed by atoms with Gasteiger partial charge in [0, 0.05) is 28.7 Å². The van der Waals surface area contributed by atoms with Crippen LogP contribution in [0.25, 0.3) is 11.3 Å². The maximum absolute atomic E-state index is 13.5. The highest BCUT2D eigenvalue weighted by molar-refractivity contribution is 7.14. The summed E-state index contributed by atoms with van der Waals surface area (Å²) >= 11 is 7.38. The number of carbonyl (C=O) groups is 1. The molecule has 0 fully saturated rings. The molecule has 0 aliphatic rings. The standard InChI is InChI=1S/C20H19ClFN3O2S/c1-20(2,3)25(19(26)27-11-13-7-5-4-6-8-13)18-24-16(12-28-18)14-9-17(22)23-10-15(14)21/h4-10,12H,11H2,1-3H3. The van der Waals surface area contributed by atoms with Crippen molar-refractivity contribution in [3.05, 3.63) is 64.5 Å². The lowest BCUT2D eigenvalue weighted by molar-refractivity contribution is 0.141. The predicted molar refractivity (Wildman–Crippen MR) is 109 cm³/mol. The molecule has 2 heterocycles. The highest BCUT2D eigenvalue weighted by atomic mass is 35.5. The molecule has 0 saturated carbocycles. The topological polar surface area (TPSA) is 55.3 Å². The fraction of sp³-hybridized carbons (Fsp3) is 0.250. The van der Waals surface area contributed by atoms with Crippen LogP contribution >= 0.6 is 22.9 Å². The maximum Gasteiger partial charge on any atom is 0.416 e. The summed E-state index contributed by atoms with van der Waals surface area (Å²) in [5, 5.41) is 2.44. The van der Waals surface area contributed by atoms with E-state index < -0.39 is 17.6 Å². The summed E-state index contributed by atoms with van der Waals surface area (Å²) in [6, 6.07) is 10.7. The number of anilines is 1. The van der Waals surface area contributed by atoms with E-state index in [1.165, 1.54) is 28.5 Å². The maximum atomic E-state index is 13.5. The molecule has 0 aliphatic carbocycles. The molecule has 1 amide bonds. The van der Waals surface area contributed by atoms with E-state index in [4.69, 9.17) is 16.3 Å². The van der Waals surface area contributed by atoms with Gasteiger partial charge >= 0.3 is 6.09 Å². The normalized spacial score (nSPS) is 11.3. The molecule has 0 aliphatic heterocycles. The first-order valence-corrected chi connectivity index (χ1v) is 9.79. The van der Waals surface area contributed by atoms with Crippen molar-refractivity contribution in [2.75, 3.05) is 4.90 Å². The van der Waals surface area contributed by atoms with Crippen LogP contribution in [0.2, 0.25) is 5.02 Å². The first-order valence-electron chi connectivity index (χ1n) is 8.53. The Hall–Kier alpha value is -2.51. The minimum Gasteiger partial charge on any atom is -0.444 e. The Labute approximate surface area is 171 Å². The molecule has 1 aromatic carbocycles. The Balaban J connectivity index is 1.85. The number of thiazole rings is 1. The predicted octanol–water partition coefficient (Wildman–Crippen LogP) is 5.94. The van der Waals surface area contributed by atoms with E-state index in [1.54, 1.807) is 5.38 Å². The molecule has 2 aromatic heterocycles. The Kier molecular flexibility index (Phi) is 5.96. The second kappa shape index (κ2) is 8.24. The number of aromatic nitrogens is 2. The van der Waals surface area contributed by atoms with Gasteiger partial charge in [-0.1, -0.05) is 41.9 Å². The number of ether oxygens (including phenoxy) is 1. The SMILES string of the molecule is CC(C)(C)N(C(=O)OCc1ccccc1)c1nc(-c2cc(F)ncc2Cl)cs1. The monoisotopic (exact) mass is 419 g/mol. The smallest absolute Gasteiger partial charge is 0.416 e. The van der Waals surface area contributed by atoms with E-state index in [0.717, 1.165) is 5.56 Å². The van der Waals surface area contributed by atoms with Crippen molar-refractivity contribution in [3.63, 3.8) is 0 Å². The summed E-state index contributed by atoms with van der Waals surface area (Å²) in [5.41, 5.74) is 1.21. The zero-order chi connectivity index (χ0) is 20.3. The van der Waals surface area contributed by atoms with Crippen LogP contribution in [0.1, 0.15) is 26.3 Å². The number of nitrogens with zero attached hydrogens (tertiary/aromatic N) is 3. The van der Waals surface area contributed by atoms with Crippen LogP contribution in [0.4, 0.5) is 14.3 Å². The van der Waals surface area contributed by atoms with Crippen molar-refractivity contribution >= 4 is 34.2 Å². The van der Waals surface area contributed by atoms with Crippen LogP contribution in [0.15, 0.2) is 48.0 Å². The quantitative estimate of drug-likeness (QED) is 0.491. The highest BCUT2D eigenvalue weighted by Gasteiger charge is 2.32. The third-order valence-electron chi connectivity index (χ3n) is 3.84. The van der Waals surface area contributed by atoms with E-state index in [-0.39, 0.29) is 11.6 Å². The number of hydrogen-bond acceptors (Lipinski definition) is 5. The highest BCUT2D eigenvalue weighted by Crippen LogP contribution is 2.34. The summed E-state index contributed by atoms with van der Waals surface area (Å²) < 4.78 is 19.0. The van der Waals surface area contributed by atoms with Crippen LogP contribution in [0.3, 0.4) is 0 Å². The van der Waals surface area contributed by atoms with Crippen LogP contribution in [0, 0.1) is 5.95 Å². The Morgan fingerprint density at radius 1 is 1.29 bits per heavy atom. The Bertz CT molecular complexity index is 973. The molecular formula is C20H19ClFN3O2S. The summed E-state index contributed by atoms with van der Waals surface area (Å²) in [4.78, 5) is 22.3.